The van der Waals surface area contributed by atoms with E-state index in [9.17, 15) is 13.6 Å². The number of rotatable bonds is 6. The largest absolute Gasteiger partial charge is 0.439 e. The maximum absolute atomic E-state index is 14.1. The zero-order valence-electron chi connectivity index (χ0n) is 20.9. The SMILES string of the molecule is CC1CCC(Cn2c(N3CCCC3C(F)F)nc3cc(-c4noc(=O)[nH]4)nc(-c4cncc(Cl)c4)c32)CC1. The smallest absolute Gasteiger partial charge is 0.333 e. The number of nitrogens with one attached hydrogen (secondary N) is 1. The van der Waals surface area contributed by atoms with Crippen LogP contribution < -0.4 is 10.7 Å². The average molecular weight is 544 g/mol. The van der Waals surface area contributed by atoms with Crippen LogP contribution in [0.15, 0.2) is 33.8 Å². The summed E-state index contributed by atoms with van der Waals surface area (Å²) in [6.07, 6.45) is 6.21. The molecule has 1 aliphatic carbocycles. The van der Waals surface area contributed by atoms with Crippen molar-refractivity contribution < 1.29 is 13.3 Å². The van der Waals surface area contributed by atoms with Crippen molar-refractivity contribution in [1.29, 1.82) is 0 Å². The number of fused-ring (bicyclic) bond motifs is 1. The van der Waals surface area contributed by atoms with E-state index in [0.717, 1.165) is 31.2 Å². The van der Waals surface area contributed by atoms with Gasteiger partial charge >= 0.3 is 5.76 Å². The third-order valence-corrected chi connectivity index (χ3v) is 8.00. The lowest BCUT2D eigenvalue weighted by Gasteiger charge is -2.30. The Morgan fingerprint density at radius 2 is 1.97 bits per heavy atom. The van der Waals surface area contributed by atoms with E-state index >= 15 is 0 Å². The molecule has 4 aromatic rings. The number of pyridine rings is 2. The Balaban J connectivity index is 1.58. The lowest BCUT2D eigenvalue weighted by Crippen LogP contribution is -2.37. The Morgan fingerprint density at radius 3 is 2.68 bits per heavy atom. The van der Waals surface area contributed by atoms with Crippen LogP contribution in [0.25, 0.3) is 33.8 Å². The second-order valence-corrected chi connectivity index (χ2v) is 10.9. The third kappa shape index (κ3) is 4.68. The predicted octanol–water partition coefficient (Wildman–Crippen LogP) is 5.55. The number of nitrogens with zero attached hydrogens (tertiary/aromatic N) is 6. The van der Waals surface area contributed by atoms with Crippen LogP contribution in [0.4, 0.5) is 14.7 Å². The van der Waals surface area contributed by atoms with E-state index in [-0.39, 0.29) is 5.82 Å². The van der Waals surface area contributed by atoms with Crippen LogP contribution in [0.2, 0.25) is 5.02 Å². The van der Waals surface area contributed by atoms with E-state index in [2.05, 4.69) is 26.6 Å². The first kappa shape index (κ1) is 25.0. The maximum atomic E-state index is 14.1. The topological polar surface area (TPSA) is 106 Å². The molecule has 200 valence electrons. The van der Waals surface area contributed by atoms with Gasteiger partial charge < -0.3 is 9.47 Å². The number of hydrogen-bond acceptors (Lipinski definition) is 7. The van der Waals surface area contributed by atoms with Crippen LogP contribution >= 0.6 is 11.6 Å². The first-order chi connectivity index (χ1) is 18.4. The molecule has 2 aliphatic rings. The number of halogens is 3. The minimum Gasteiger partial charge on any atom is -0.333 e. The Kier molecular flexibility index (Phi) is 6.63. The van der Waals surface area contributed by atoms with E-state index in [1.54, 1.807) is 23.2 Å². The molecule has 1 atom stereocenters. The number of alkyl halides is 2. The number of H-pyrrole nitrogens is 1. The van der Waals surface area contributed by atoms with Crippen molar-refractivity contribution in [3.8, 4) is 22.8 Å². The number of aromatic amines is 1. The second kappa shape index (κ2) is 10.1. The molecular weight excluding hydrogens is 516 g/mol. The van der Waals surface area contributed by atoms with Gasteiger partial charge in [-0.1, -0.05) is 36.5 Å². The first-order valence-electron chi connectivity index (χ1n) is 13.0. The molecule has 6 rings (SSSR count). The molecule has 1 saturated heterocycles. The van der Waals surface area contributed by atoms with Gasteiger partial charge in [0, 0.05) is 31.0 Å². The fraction of sp³-hybridized carbons (Fsp3) is 0.500. The Labute approximate surface area is 222 Å². The quantitative estimate of drug-likeness (QED) is 0.340. The van der Waals surface area contributed by atoms with E-state index in [1.165, 1.54) is 6.20 Å². The van der Waals surface area contributed by atoms with Crippen molar-refractivity contribution in [1.82, 2.24) is 29.7 Å². The highest BCUT2D eigenvalue weighted by Crippen LogP contribution is 2.39. The summed E-state index contributed by atoms with van der Waals surface area (Å²) in [7, 11) is 0. The normalized spacial score (nSPS) is 22.1. The van der Waals surface area contributed by atoms with Crippen LogP contribution in [0.1, 0.15) is 45.4 Å². The predicted molar refractivity (Wildman–Crippen MR) is 139 cm³/mol. The van der Waals surface area contributed by atoms with E-state index in [1.807, 2.05) is 0 Å². The summed E-state index contributed by atoms with van der Waals surface area (Å²) in [5, 5.41) is 4.23. The summed E-state index contributed by atoms with van der Waals surface area (Å²) in [6.45, 7) is 3.43. The van der Waals surface area contributed by atoms with Gasteiger partial charge in [-0.15, -0.1) is 0 Å². The molecule has 1 N–H and O–H groups in total. The lowest BCUT2D eigenvalue weighted by atomic mass is 9.83. The molecule has 0 bridgehead atoms. The molecule has 5 heterocycles. The molecule has 12 heteroatoms. The van der Waals surface area contributed by atoms with E-state index in [0.29, 0.717) is 71.2 Å². The first-order valence-corrected chi connectivity index (χ1v) is 13.4. The standard InChI is InChI=1S/C26H28ClF2N7O2/c1-14-4-6-15(7-5-14)13-36-22-18(32-25(36)35-8-2-3-20(35)23(28)29)10-19(24-33-26(37)38-34-24)31-21(22)16-9-17(27)12-30-11-16/h9-12,14-15,20,23H,2-8,13H2,1H3,(H,33,34,37). The van der Waals surface area contributed by atoms with Crippen molar-refractivity contribution in [3.63, 3.8) is 0 Å². The number of anilines is 1. The highest BCUT2D eigenvalue weighted by molar-refractivity contribution is 6.30. The molecule has 0 amide bonds. The number of imidazole rings is 1. The van der Waals surface area contributed by atoms with Crippen molar-refractivity contribution in [2.24, 2.45) is 11.8 Å². The van der Waals surface area contributed by atoms with E-state index in [4.69, 9.17) is 26.1 Å². The summed E-state index contributed by atoms with van der Waals surface area (Å²) in [6, 6.07) is 2.57. The van der Waals surface area contributed by atoms with Gasteiger partial charge in [-0.3, -0.25) is 14.5 Å². The Hall–Kier alpha value is -3.34. The van der Waals surface area contributed by atoms with Crippen LogP contribution in [0.5, 0.6) is 0 Å². The zero-order chi connectivity index (χ0) is 26.4. The average Bonchev–Trinajstić information content (AvgIpc) is 3.63. The molecule has 1 saturated carbocycles. The molecule has 1 aliphatic heterocycles. The molecule has 1 unspecified atom stereocenters. The van der Waals surface area contributed by atoms with Gasteiger partial charge in [-0.25, -0.2) is 23.5 Å². The Morgan fingerprint density at radius 1 is 1.16 bits per heavy atom. The van der Waals surface area contributed by atoms with E-state index < -0.39 is 18.2 Å². The monoisotopic (exact) mass is 543 g/mol. The van der Waals surface area contributed by atoms with Crippen molar-refractivity contribution in [2.75, 3.05) is 11.4 Å². The molecule has 0 radical (unpaired) electrons. The number of aromatic nitrogens is 6. The molecule has 0 aromatic carbocycles. The van der Waals surface area contributed by atoms with Crippen LogP contribution in [0, 0.1) is 11.8 Å². The second-order valence-electron chi connectivity index (χ2n) is 10.4. The van der Waals surface area contributed by atoms with Crippen LogP contribution in [0.3, 0.4) is 0 Å². The molecule has 38 heavy (non-hydrogen) atoms. The summed E-state index contributed by atoms with van der Waals surface area (Å²) < 4.78 is 34.9. The molecule has 9 nitrogen and oxygen atoms in total. The van der Waals surface area contributed by atoms with Crippen molar-refractivity contribution in [3.05, 3.63) is 40.1 Å². The maximum Gasteiger partial charge on any atom is 0.439 e. The summed E-state index contributed by atoms with van der Waals surface area (Å²) in [4.78, 5) is 29.9. The highest BCUT2D eigenvalue weighted by Gasteiger charge is 2.36. The fourth-order valence-corrected chi connectivity index (χ4v) is 5.99. The molecule has 4 aromatic heterocycles. The van der Waals surface area contributed by atoms with Gasteiger partial charge in [0.2, 0.25) is 11.8 Å². The highest BCUT2D eigenvalue weighted by atomic mass is 35.5. The van der Waals surface area contributed by atoms with Crippen LogP contribution in [-0.2, 0) is 6.54 Å². The summed E-state index contributed by atoms with van der Waals surface area (Å²) in [5.74, 6) is 1.05. The minimum atomic E-state index is -2.48. The van der Waals surface area contributed by atoms with Gasteiger partial charge in [0.05, 0.1) is 27.8 Å². The zero-order valence-corrected chi connectivity index (χ0v) is 21.7. The van der Waals surface area contributed by atoms with Gasteiger partial charge in [-0.2, -0.15) is 0 Å². The molecule has 2 fully saturated rings. The molecular formula is C26H28ClF2N7O2. The van der Waals surface area contributed by atoms with Gasteiger partial charge in [0.1, 0.15) is 5.69 Å². The van der Waals surface area contributed by atoms with Gasteiger partial charge in [0.15, 0.2) is 0 Å². The Bertz CT molecular complexity index is 1510. The molecule has 0 spiro atoms. The summed E-state index contributed by atoms with van der Waals surface area (Å²) in [5.41, 5.74) is 2.80. The van der Waals surface area contributed by atoms with Gasteiger partial charge in [-0.05, 0) is 49.7 Å². The van der Waals surface area contributed by atoms with Crippen LogP contribution in [-0.4, -0.2) is 48.7 Å². The fourth-order valence-electron chi connectivity index (χ4n) is 5.81. The lowest BCUT2D eigenvalue weighted by molar-refractivity contribution is 0.116. The van der Waals surface area contributed by atoms with Gasteiger partial charge in [0.25, 0.3) is 6.43 Å². The minimum absolute atomic E-state index is 0.150. The van der Waals surface area contributed by atoms with Crippen molar-refractivity contribution >= 4 is 28.6 Å². The third-order valence-electron chi connectivity index (χ3n) is 7.79. The number of hydrogen-bond donors (Lipinski definition) is 1. The van der Waals surface area contributed by atoms with Crippen molar-refractivity contribution in [2.45, 2.75) is 64.5 Å². The summed E-state index contributed by atoms with van der Waals surface area (Å²) >= 11 is 6.30.